The molecule has 2 saturated heterocycles. The Balaban J connectivity index is 0.952. The lowest BCUT2D eigenvalue weighted by Gasteiger charge is -2.36. The van der Waals surface area contributed by atoms with Gasteiger partial charge in [-0.1, -0.05) is 67.1 Å². The van der Waals surface area contributed by atoms with E-state index in [1.54, 1.807) is 69.9 Å². The van der Waals surface area contributed by atoms with Crippen LogP contribution in [0.1, 0.15) is 122 Å². The molecule has 0 unspecified atom stereocenters. The van der Waals surface area contributed by atoms with Gasteiger partial charge in [-0.05, 0) is 37.1 Å². The van der Waals surface area contributed by atoms with Gasteiger partial charge in [0.05, 0.1) is 41.4 Å². The SMILES string of the molecule is Cc1ccc(C[C@@H]2NC(=O)c3csc(n3)[C@H]([C@H](O)c3ccccc3)CC(=O)c3nc(sc3C)[C@H](CC(N)=O)NC(=O)c3csc(n3)-c3ccc(-c4nc(C(=O)N5CC(N)C5)cs4)nc3-c3csc(n3)-c3csc(n3)[C@@H]3[C@@H](C)[C@@H](O)CN3C2=O)cc1. The van der Waals surface area contributed by atoms with Gasteiger partial charge < -0.3 is 42.1 Å². The minimum Gasteiger partial charge on any atom is -0.391 e. The number of carbonyl (C=O) groups is 6. The van der Waals surface area contributed by atoms with Gasteiger partial charge in [0.2, 0.25) is 11.8 Å². The fraction of sp³-hybridized carbons (Fsp3) is 0.293. The summed E-state index contributed by atoms with van der Waals surface area (Å²) in [6.45, 7) is 6.33. The molecule has 12 rings (SSSR count). The van der Waals surface area contributed by atoms with Gasteiger partial charge in [-0.25, -0.2) is 34.9 Å². The summed E-state index contributed by atoms with van der Waals surface area (Å²) in [5, 5.41) is 40.3. The van der Waals surface area contributed by atoms with Crippen LogP contribution in [0.5, 0.6) is 0 Å². The van der Waals surface area contributed by atoms with Crippen LogP contribution in [0, 0.1) is 19.8 Å². The number of thiazole rings is 6. The van der Waals surface area contributed by atoms with Gasteiger partial charge in [0.25, 0.3) is 17.7 Å². The van der Waals surface area contributed by atoms with E-state index in [0.717, 1.165) is 33.8 Å². The van der Waals surface area contributed by atoms with Crippen LogP contribution < -0.4 is 22.1 Å². The van der Waals surface area contributed by atoms with Crippen molar-refractivity contribution in [1.82, 2.24) is 55.3 Å². The molecular formula is C58H53N13O8S6. The number of hydrogen-bond acceptors (Lipinski definition) is 22. The predicted octanol–water partition coefficient (Wildman–Crippen LogP) is 7.56. The molecule has 7 atom stereocenters. The van der Waals surface area contributed by atoms with Crippen molar-refractivity contribution in [3.05, 3.63) is 153 Å². The molecule has 0 spiro atoms. The highest BCUT2D eigenvalue weighted by molar-refractivity contribution is 7.15. The van der Waals surface area contributed by atoms with Crippen LogP contribution in [-0.2, 0) is 16.0 Å². The van der Waals surface area contributed by atoms with Crippen LogP contribution in [0.3, 0.4) is 0 Å². The Morgan fingerprint density at radius 3 is 2.08 bits per heavy atom. The summed E-state index contributed by atoms with van der Waals surface area (Å²) in [6.07, 6.45) is -2.79. The smallest absolute Gasteiger partial charge is 0.273 e. The number of hydrogen-bond donors (Lipinski definition) is 6. The van der Waals surface area contributed by atoms with E-state index in [0.29, 0.717) is 71.9 Å². The monoisotopic (exact) mass is 1250 g/mol. The van der Waals surface area contributed by atoms with Gasteiger partial charge in [0, 0.05) is 87.7 Å². The lowest BCUT2D eigenvalue weighted by Crippen LogP contribution is -2.57. The number of aliphatic hydroxyl groups is 2. The molecular weight excluding hydrogens is 1200 g/mol. The summed E-state index contributed by atoms with van der Waals surface area (Å²) >= 11 is 7.24. The number of ketones is 1. The van der Waals surface area contributed by atoms with Crippen LogP contribution in [0.25, 0.3) is 43.4 Å². The zero-order valence-corrected chi connectivity index (χ0v) is 50.5. The average Bonchev–Trinajstić information content (AvgIpc) is 2.75. The van der Waals surface area contributed by atoms with E-state index in [2.05, 4.69) is 15.6 Å². The second-order valence-corrected chi connectivity index (χ2v) is 26.7. The van der Waals surface area contributed by atoms with Crippen LogP contribution in [-0.4, -0.2) is 128 Å². The Morgan fingerprint density at radius 2 is 1.33 bits per heavy atom. The predicted molar refractivity (Wildman–Crippen MR) is 324 cm³/mol. The van der Waals surface area contributed by atoms with Crippen molar-refractivity contribution >= 4 is 103 Å². The third kappa shape index (κ3) is 11.9. The summed E-state index contributed by atoms with van der Waals surface area (Å²) in [6, 6.07) is 16.9. The number of carbonyl (C=O) groups excluding carboxylic acids is 6. The molecule has 2 fully saturated rings. The number of amides is 5. The molecule has 0 saturated carbocycles. The molecule has 21 nitrogen and oxygen atoms in total. The number of aryl methyl sites for hydroxylation is 2. The number of nitrogens with two attached hydrogens (primary N) is 2. The number of nitrogens with zero attached hydrogens (tertiary/aromatic N) is 9. The molecule has 9 aromatic rings. The lowest BCUT2D eigenvalue weighted by atomic mass is 9.90. The number of rotatable bonds is 8. The summed E-state index contributed by atoms with van der Waals surface area (Å²) in [5.74, 6) is -4.67. The number of aromatic nitrogens is 7. The van der Waals surface area contributed by atoms with Crippen molar-refractivity contribution in [3.8, 4) is 43.4 Å². The van der Waals surface area contributed by atoms with Crippen molar-refractivity contribution < 1.29 is 39.0 Å². The molecule has 3 aliphatic heterocycles. The van der Waals surface area contributed by atoms with Gasteiger partial charge in [0.15, 0.2) is 5.78 Å². The fourth-order valence-corrected chi connectivity index (χ4v) is 15.9. The zero-order chi connectivity index (χ0) is 59.4. The third-order valence-corrected chi connectivity index (χ3v) is 20.7. The molecule has 8 N–H and O–H groups in total. The zero-order valence-electron chi connectivity index (χ0n) is 45.6. The molecule has 0 radical (unpaired) electrons. The van der Waals surface area contributed by atoms with Crippen LogP contribution >= 0.6 is 68.0 Å². The molecule has 434 valence electrons. The molecule has 10 heterocycles. The Kier molecular flexibility index (Phi) is 16.3. The van der Waals surface area contributed by atoms with E-state index < -0.39 is 71.6 Å². The maximum atomic E-state index is 15.2. The van der Waals surface area contributed by atoms with Crippen LogP contribution in [0.2, 0.25) is 0 Å². The number of Topliss-reactive ketones (excluding diaryl/α,β-unsaturated/α-hetero) is 1. The first-order valence-electron chi connectivity index (χ1n) is 26.9. The van der Waals surface area contributed by atoms with Crippen molar-refractivity contribution in [1.29, 1.82) is 0 Å². The second kappa shape index (κ2) is 24.0. The highest BCUT2D eigenvalue weighted by atomic mass is 32.1. The van der Waals surface area contributed by atoms with Gasteiger partial charge >= 0.3 is 0 Å². The van der Waals surface area contributed by atoms with E-state index in [1.807, 2.05) is 48.9 Å². The van der Waals surface area contributed by atoms with E-state index >= 15 is 4.79 Å². The normalized spacial score (nSPS) is 20.8. The van der Waals surface area contributed by atoms with Gasteiger partial charge in [-0.15, -0.1) is 68.0 Å². The molecule has 3 aliphatic rings. The van der Waals surface area contributed by atoms with E-state index in [9.17, 15) is 34.2 Å². The number of nitrogens with one attached hydrogen (secondary N) is 2. The number of fused-ring (bicyclic) bond motifs is 16. The van der Waals surface area contributed by atoms with Crippen molar-refractivity contribution in [2.24, 2.45) is 17.4 Å². The molecule has 0 aliphatic carbocycles. The van der Waals surface area contributed by atoms with Crippen molar-refractivity contribution in [2.75, 3.05) is 19.6 Å². The Hall–Kier alpha value is -7.73. The summed E-state index contributed by atoms with van der Waals surface area (Å²) < 4.78 is 0. The van der Waals surface area contributed by atoms with Crippen molar-refractivity contribution in [2.45, 2.75) is 82.3 Å². The highest BCUT2D eigenvalue weighted by Gasteiger charge is 2.46. The lowest BCUT2D eigenvalue weighted by molar-refractivity contribution is -0.134. The first-order chi connectivity index (χ1) is 40.9. The Bertz CT molecular complexity index is 4040. The number of benzene rings is 2. The summed E-state index contributed by atoms with van der Waals surface area (Å²) in [5.41, 5.74) is 16.6. The molecule has 5 amide bonds. The first kappa shape index (κ1) is 57.7. The minimum atomic E-state index is -1.27. The molecule has 7 aromatic heterocycles. The largest absolute Gasteiger partial charge is 0.391 e. The minimum absolute atomic E-state index is 0.00953. The Morgan fingerprint density at radius 1 is 0.682 bits per heavy atom. The van der Waals surface area contributed by atoms with Gasteiger partial charge in [0.1, 0.15) is 70.9 Å². The summed E-state index contributed by atoms with van der Waals surface area (Å²) in [7, 11) is 0. The van der Waals surface area contributed by atoms with Gasteiger partial charge in [-0.2, -0.15) is 0 Å². The number of pyridine rings is 1. The molecule has 85 heavy (non-hydrogen) atoms. The third-order valence-electron chi connectivity index (χ3n) is 15.1. The molecule has 10 bridgehead atoms. The molecule has 2 aromatic carbocycles. The van der Waals surface area contributed by atoms with Crippen LogP contribution in [0.4, 0.5) is 0 Å². The number of likely N-dealkylation sites (tertiary alicyclic amines) is 1. The highest BCUT2D eigenvalue weighted by Crippen LogP contribution is 2.43. The Labute approximate surface area is 510 Å². The average molecular weight is 1250 g/mol. The van der Waals surface area contributed by atoms with E-state index in [-0.39, 0.29) is 70.5 Å². The van der Waals surface area contributed by atoms with Gasteiger partial charge in [-0.3, -0.25) is 28.8 Å². The number of primary amides is 1. The first-order valence-corrected chi connectivity index (χ1v) is 32.2. The maximum Gasteiger partial charge on any atom is 0.273 e. The standard InChI is InChI=1S/C58H53N13O8S6/c1-26-9-11-29(12-10-26)15-36-58(79)71-20-43(73)27(2)47(71)56-67-40(24-84-56)54-64-37(21-82-54)46-32(13-14-34(61-46)53-68-41(25-83-53)57(78)70-18-31(59)19-70)51-65-38(22-80-51)49(76)62-35(17-44(60)74)55-69-45(28(3)85-55)42(72)16-33(48(75)30-7-5-4-6-8-30)52-66-39(23-81-52)50(77)63-36/h4-14,21-25,27,31,33,35-36,43,47-48,73,75H,15-20,59H2,1-3H3,(H2,60,74)(H,62,76)(H,63,77)/t27-,33-,35-,36-,43-,47-,48+/m0/s1. The maximum absolute atomic E-state index is 15.2. The van der Waals surface area contributed by atoms with Crippen molar-refractivity contribution in [3.63, 3.8) is 0 Å². The second-order valence-electron chi connectivity index (χ2n) is 21.1. The van der Waals surface area contributed by atoms with E-state index in [1.165, 1.54) is 50.7 Å². The fourth-order valence-electron chi connectivity index (χ4n) is 10.5. The summed E-state index contributed by atoms with van der Waals surface area (Å²) in [4.78, 5) is 122. The van der Waals surface area contributed by atoms with E-state index in [4.69, 9.17) is 41.4 Å². The van der Waals surface area contributed by atoms with Crippen LogP contribution in [0.15, 0.2) is 93.6 Å². The topological polar surface area (TPSA) is 316 Å². The number of aliphatic hydroxyl groups excluding tert-OH is 2. The molecule has 27 heteroatoms. The quantitative estimate of drug-likeness (QED) is 0.0855.